The highest BCUT2D eigenvalue weighted by molar-refractivity contribution is 7.87. The molecule has 1 fully saturated rings. The van der Waals surface area contributed by atoms with Crippen LogP contribution in [-0.2, 0) is 19.7 Å². The molecule has 1 saturated heterocycles. The SMILES string of the molecule is CCOC(=O)[C@@H]1CCCN(S(=O)(=O)N[C@@H](C)c2cc(OC)ccc2OC)C1. The Morgan fingerprint density at radius 1 is 1.33 bits per heavy atom. The quantitative estimate of drug-likeness (QED) is 0.670. The first-order valence-corrected chi connectivity index (χ1v) is 10.4. The summed E-state index contributed by atoms with van der Waals surface area (Å²) in [6, 6.07) is 4.68. The van der Waals surface area contributed by atoms with Crippen molar-refractivity contribution in [3.05, 3.63) is 23.8 Å². The van der Waals surface area contributed by atoms with E-state index in [1.807, 2.05) is 0 Å². The van der Waals surface area contributed by atoms with Crippen molar-refractivity contribution in [1.29, 1.82) is 0 Å². The number of piperidine rings is 1. The van der Waals surface area contributed by atoms with Gasteiger partial charge in [-0.15, -0.1) is 0 Å². The van der Waals surface area contributed by atoms with Crippen LogP contribution in [0.1, 0.15) is 38.3 Å². The van der Waals surface area contributed by atoms with E-state index in [-0.39, 0.29) is 19.1 Å². The number of ether oxygens (including phenoxy) is 3. The number of carbonyl (C=O) groups excluding carboxylic acids is 1. The van der Waals surface area contributed by atoms with E-state index in [4.69, 9.17) is 14.2 Å². The number of carbonyl (C=O) groups is 1. The molecule has 1 aliphatic heterocycles. The second-order valence-electron chi connectivity index (χ2n) is 6.40. The molecule has 8 nitrogen and oxygen atoms in total. The molecule has 0 radical (unpaired) electrons. The fourth-order valence-electron chi connectivity index (χ4n) is 3.15. The Balaban J connectivity index is 2.14. The summed E-state index contributed by atoms with van der Waals surface area (Å²) in [5, 5.41) is 0. The zero-order valence-electron chi connectivity index (χ0n) is 16.2. The van der Waals surface area contributed by atoms with Crippen LogP contribution in [0.2, 0.25) is 0 Å². The van der Waals surface area contributed by atoms with Gasteiger partial charge in [-0.2, -0.15) is 17.4 Å². The average molecular weight is 400 g/mol. The van der Waals surface area contributed by atoms with Gasteiger partial charge >= 0.3 is 5.97 Å². The maximum absolute atomic E-state index is 12.8. The summed E-state index contributed by atoms with van der Waals surface area (Å²) in [5.41, 5.74) is 0.666. The van der Waals surface area contributed by atoms with Crippen LogP contribution in [-0.4, -0.2) is 52.6 Å². The van der Waals surface area contributed by atoms with E-state index < -0.39 is 22.2 Å². The number of nitrogens with zero attached hydrogens (tertiary/aromatic N) is 1. The minimum atomic E-state index is -3.78. The molecular weight excluding hydrogens is 372 g/mol. The van der Waals surface area contributed by atoms with Gasteiger partial charge in [0.2, 0.25) is 0 Å². The number of methoxy groups -OCH3 is 2. The number of hydrogen-bond acceptors (Lipinski definition) is 6. The molecule has 1 heterocycles. The average Bonchev–Trinajstić information content (AvgIpc) is 2.67. The number of esters is 1. The molecule has 2 atom stereocenters. The van der Waals surface area contributed by atoms with Crippen LogP contribution in [0.15, 0.2) is 18.2 Å². The van der Waals surface area contributed by atoms with Crippen LogP contribution in [0.25, 0.3) is 0 Å². The van der Waals surface area contributed by atoms with E-state index >= 15 is 0 Å². The summed E-state index contributed by atoms with van der Waals surface area (Å²) in [5.74, 6) is 0.392. The topological polar surface area (TPSA) is 94.2 Å². The first-order chi connectivity index (χ1) is 12.8. The highest BCUT2D eigenvalue weighted by atomic mass is 32.2. The number of hydrogen-bond donors (Lipinski definition) is 1. The largest absolute Gasteiger partial charge is 0.497 e. The van der Waals surface area contributed by atoms with E-state index in [0.29, 0.717) is 36.4 Å². The number of rotatable bonds is 8. The van der Waals surface area contributed by atoms with Crippen LogP contribution < -0.4 is 14.2 Å². The molecule has 0 aliphatic carbocycles. The Bertz CT molecular complexity index is 752. The van der Waals surface area contributed by atoms with Crippen LogP contribution >= 0.6 is 0 Å². The van der Waals surface area contributed by atoms with Gasteiger partial charge in [0.15, 0.2) is 0 Å². The molecule has 0 amide bonds. The number of benzene rings is 1. The Hall–Kier alpha value is -1.84. The summed E-state index contributed by atoms with van der Waals surface area (Å²) in [4.78, 5) is 12.0. The lowest BCUT2D eigenvalue weighted by molar-refractivity contribution is -0.149. The molecule has 0 bridgehead atoms. The van der Waals surface area contributed by atoms with Gasteiger partial charge < -0.3 is 14.2 Å². The Morgan fingerprint density at radius 3 is 2.70 bits per heavy atom. The fraction of sp³-hybridized carbons (Fsp3) is 0.611. The summed E-state index contributed by atoms with van der Waals surface area (Å²) >= 11 is 0. The minimum Gasteiger partial charge on any atom is -0.497 e. The summed E-state index contributed by atoms with van der Waals surface area (Å²) in [7, 11) is -0.703. The lowest BCUT2D eigenvalue weighted by Gasteiger charge is -2.31. The molecular formula is C18H28N2O6S. The van der Waals surface area contributed by atoms with Crippen molar-refractivity contribution in [3.8, 4) is 11.5 Å². The van der Waals surface area contributed by atoms with Gasteiger partial charge in [-0.3, -0.25) is 4.79 Å². The van der Waals surface area contributed by atoms with E-state index in [1.54, 1.807) is 39.2 Å². The summed E-state index contributed by atoms with van der Waals surface area (Å²) in [6.07, 6.45) is 1.24. The Morgan fingerprint density at radius 2 is 2.07 bits per heavy atom. The van der Waals surface area contributed by atoms with Gasteiger partial charge in [0.05, 0.1) is 26.7 Å². The lowest BCUT2D eigenvalue weighted by Crippen LogP contribution is -2.48. The smallest absolute Gasteiger partial charge is 0.310 e. The fourth-order valence-corrected chi connectivity index (χ4v) is 4.62. The van der Waals surface area contributed by atoms with Crippen molar-refractivity contribution in [2.45, 2.75) is 32.7 Å². The number of nitrogens with one attached hydrogen (secondary N) is 1. The monoisotopic (exact) mass is 400 g/mol. The summed E-state index contributed by atoms with van der Waals surface area (Å²) in [6.45, 7) is 4.25. The molecule has 152 valence electrons. The third-order valence-electron chi connectivity index (χ3n) is 4.57. The first-order valence-electron chi connectivity index (χ1n) is 8.98. The molecule has 27 heavy (non-hydrogen) atoms. The van der Waals surface area contributed by atoms with Gasteiger partial charge in [-0.1, -0.05) is 0 Å². The van der Waals surface area contributed by atoms with Gasteiger partial charge in [0.25, 0.3) is 10.2 Å². The molecule has 2 rings (SSSR count). The second-order valence-corrected chi connectivity index (χ2v) is 8.10. The van der Waals surface area contributed by atoms with Crippen molar-refractivity contribution in [1.82, 2.24) is 9.03 Å². The summed E-state index contributed by atoms with van der Waals surface area (Å²) < 4.78 is 45.3. The lowest BCUT2D eigenvalue weighted by atomic mass is 10.0. The van der Waals surface area contributed by atoms with Crippen molar-refractivity contribution in [3.63, 3.8) is 0 Å². The second kappa shape index (κ2) is 9.38. The zero-order chi connectivity index (χ0) is 20.0. The van der Waals surface area contributed by atoms with Crippen LogP contribution in [0, 0.1) is 5.92 Å². The first kappa shape index (κ1) is 21.5. The molecule has 0 spiro atoms. The van der Waals surface area contributed by atoms with E-state index in [9.17, 15) is 13.2 Å². The van der Waals surface area contributed by atoms with Crippen LogP contribution in [0.5, 0.6) is 11.5 Å². The standard InChI is InChI=1S/C18H28N2O6S/c1-5-26-18(21)14-7-6-10-20(12-14)27(22,23)19-13(2)16-11-15(24-3)8-9-17(16)25-4/h8-9,11,13-14,19H,5-7,10,12H2,1-4H3/t13-,14+/m0/s1. The normalized spacial score (nSPS) is 19.3. The van der Waals surface area contributed by atoms with Crippen LogP contribution in [0.4, 0.5) is 0 Å². The molecule has 1 aromatic carbocycles. The molecule has 0 saturated carbocycles. The van der Waals surface area contributed by atoms with E-state index in [2.05, 4.69) is 4.72 Å². The van der Waals surface area contributed by atoms with Crippen molar-refractivity contribution < 1.29 is 27.4 Å². The predicted molar refractivity (Wildman–Crippen MR) is 101 cm³/mol. The van der Waals surface area contributed by atoms with E-state index in [1.165, 1.54) is 11.4 Å². The van der Waals surface area contributed by atoms with Gasteiger partial charge in [0, 0.05) is 24.7 Å². The third kappa shape index (κ3) is 5.33. The molecule has 1 aliphatic rings. The van der Waals surface area contributed by atoms with Crippen LogP contribution in [0.3, 0.4) is 0 Å². The van der Waals surface area contributed by atoms with Crippen molar-refractivity contribution in [2.24, 2.45) is 5.92 Å². The third-order valence-corrected chi connectivity index (χ3v) is 6.24. The van der Waals surface area contributed by atoms with Gasteiger partial charge in [0.1, 0.15) is 11.5 Å². The molecule has 1 aromatic rings. The maximum Gasteiger partial charge on any atom is 0.310 e. The Labute approximate surface area is 161 Å². The Kier molecular flexibility index (Phi) is 7.46. The molecule has 0 aromatic heterocycles. The zero-order valence-corrected chi connectivity index (χ0v) is 17.0. The van der Waals surface area contributed by atoms with E-state index in [0.717, 1.165) is 0 Å². The molecule has 1 N–H and O–H groups in total. The molecule has 0 unspecified atom stereocenters. The maximum atomic E-state index is 12.8. The van der Waals surface area contributed by atoms with Crippen molar-refractivity contribution in [2.75, 3.05) is 33.9 Å². The van der Waals surface area contributed by atoms with Gasteiger partial charge in [-0.05, 0) is 44.9 Å². The van der Waals surface area contributed by atoms with Crippen molar-refractivity contribution >= 4 is 16.2 Å². The predicted octanol–water partition coefficient (Wildman–Crippen LogP) is 1.87. The molecule has 9 heteroatoms. The minimum absolute atomic E-state index is 0.121. The van der Waals surface area contributed by atoms with Gasteiger partial charge in [-0.25, -0.2) is 0 Å². The highest BCUT2D eigenvalue weighted by Crippen LogP contribution is 2.30. The highest BCUT2D eigenvalue weighted by Gasteiger charge is 2.34.